The van der Waals surface area contributed by atoms with E-state index in [1.807, 2.05) is 0 Å². The molecule has 5 heteroatoms. The Morgan fingerprint density at radius 2 is 1.83 bits per heavy atom. The number of rotatable bonds is 1. The quantitative estimate of drug-likeness (QED) is 0.642. The Labute approximate surface area is 101 Å². The molecule has 18 heavy (non-hydrogen) atoms. The monoisotopic (exact) mass is 243 g/mol. The molecule has 3 rings (SSSR count). The number of aromatic amines is 1. The van der Waals surface area contributed by atoms with E-state index in [2.05, 4.69) is 4.98 Å². The van der Waals surface area contributed by atoms with E-state index in [0.717, 1.165) is 0 Å². The highest BCUT2D eigenvalue weighted by molar-refractivity contribution is 5.80. The van der Waals surface area contributed by atoms with Gasteiger partial charge in [-0.2, -0.15) is 0 Å². The maximum Gasteiger partial charge on any atom is 0.331 e. The minimum Gasteiger partial charge on any atom is -0.399 e. The second kappa shape index (κ2) is 3.73. The van der Waals surface area contributed by atoms with Crippen LogP contribution in [0.4, 0.5) is 10.1 Å². The van der Waals surface area contributed by atoms with Gasteiger partial charge in [-0.05, 0) is 42.5 Å². The second-order valence-corrected chi connectivity index (χ2v) is 4.02. The Morgan fingerprint density at radius 3 is 2.56 bits per heavy atom. The molecule has 0 radical (unpaired) electrons. The first kappa shape index (κ1) is 10.6. The summed E-state index contributed by atoms with van der Waals surface area (Å²) in [5.74, 6) is -0.337. The highest BCUT2D eigenvalue weighted by Crippen LogP contribution is 2.18. The molecule has 4 nitrogen and oxygen atoms in total. The minimum atomic E-state index is -0.337. The highest BCUT2D eigenvalue weighted by atomic mass is 19.1. The fourth-order valence-corrected chi connectivity index (χ4v) is 1.98. The number of nitrogens with two attached hydrogens (primary N) is 1. The Kier molecular flexibility index (Phi) is 2.19. The van der Waals surface area contributed by atoms with Crippen LogP contribution in [0.5, 0.6) is 0 Å². The van der Waals surface area contributed by atoms with Gasteiger partial charge in [-0.15, -0.1) is 0 Å². The summed E-state index contributed by atoms with van der Waals surface area (Å²) in [5.41, 5.74) is 7.94. The molecule has 2 aromatic carbocycles. The zero-order valence-corrected chi connectivity index (χ0v) is 9.35. The number of hydrogen-bond donors (Lipinski definition) is 2. The van der Waals surface area contributed by atoms with Crippen LogP contribution < -0.4 is 11.4 Å². The molecule has 0 saturated heterocycles. The first-order chi connectivity index (χ1) is 8.65. The van der Waals surface area contributed by atoms with E-state index >= 15 is 0 Å². The van der Waals surface area contributed by atoms with Gasteiger partial charge in [0.1, 0.15) is 5.82 Å². The van der Waals surface area contributed by atoms with Gasteiger partial charge in [0.25, 0.3) is 0 Å². The first-order valence-electron chi connectivity index (χ1n) is 5.41. The molecule has 3 aromatic rings. The maximum atomic E-state index is 12.9. The Balaban J connectivity index is 2.32. The summed E-state index contributed by atoms with van der Waals surface area (Å²) in [6.07, 6.45) is 0. The van der Waals surface area contributed by atoms with Crippen LogP contribution in [-0.2, 0) is 0 Å². The van der Waals surface area contributed by atoms with Crippen molar-refractivity contribution in [1.82, 2.24) is 9.55 Å². The van der Waals surface area contributed by atoms with Crippen molar-refractivity contribution in [2.24, 2.45) is 0 Å². The van der Waals surface area contributed by atoms with Crippen molar-refractivity contribution in [2.75, 3.05) is 5.73 Å². The van der Waals surface area contributed by atoms with Crippen molar-refractivity contribution in [1.29, 1.82) is 0 Å². The van der Waals surface area contributed by atoms with Crippen LogP contribution in [0.1, 0.15) is 0 Å². The molecule has 0 atom stereocenters. The fourth-order valence-electron chi connectivity index (χ4n) is 1.98. The van der Waals surface area contributed by atoms with Crippen molar-refractivity contribution in [2.45, 2.75) is 0 Å². The molecule has 90 valence electrons. The normalized spacial score (nSPS) is 10.9. The Hall–Kier alpha value is -2.56. The van der Waals surface area contributed by atoms with E-state index in [-0.39, 0.29) is 11.5 Å². The van der Waals surface area contributed by atoms with Crippen molar-refractivity contribution < 1.29 is 4.39 Å². The lowest BCUT2D eigenvalue weighted by Gasteiger charge is -2.03. The van der Waals surface area contributed by atoms with Crippen LogP contribution in [0.3, 0.4) is 0 Å². The summed E-state index contributed by atoms with van der Waals surface area (Å²) in [7, 11) is 0. The molecule has 0 spiro atoms. The molecule has 1 aromatic heterocycles. The summed E-state index contributed by atoms with van der Waals surface area (Å²) >= 11 is 0. The van der Waals surface area contributed by atoms with E-state index in [4.69, 9.17) is 5.73 Å². The third-order valence-corrected chi connectivity index (χ3v) is 2.79. The number of aromatic nitrogens is 2. The third kappa shape index (κ3) is 1.57. The Morgan fingerprint density at radius 1 is 1.11 bits per heavy atom. The minimum absolute atomic E-state index is 0.276. The molecule has 0 aliphatic carbocycles. The van der Waals surface area contributed by atoms with E-state index in [0.29, 0.717) is 22.4 Å². The van der Waals surface area contributed by atoms with Gasteiger partial charge in [-0.1, -0.05) is 0 Å². The standard InChI is InChI=1S/C13H10FN3O/c14-8-1-4-10(5-2-8)17-12-6-3-9(15)7-11(12)16-13(17)18/h1-7H,15H2,(H,16,18). The van der Waals surface area contributed by atoms with E-state index in [1.165, 1.54) is 16.7 Å². The van der Waals surface area contributed by atoms with Gasteiger partial charge >= 0.3 is 5.69 Å². The molecule has 0 unspecified atom stereocenters. The number of imidazole rings is 1. The van der Waals surface area contributed by atoms with Gasteiger partial charge in [0.2, 0.25) is 0 Å². The van der Waals surface area contributed by atoms with Gasteiger partial charge < -0.3 is 10.7 Å². The number of hydrogen-bond acceptors (Lipinski definition) is 2. The van der Waals surface area contributed by atoms with Crippen LogP contribution in [-0.4, -0.2) is 9.55 Å². The lowest BCUT2D eigenvalue weighted by molar-refractivity contribution is 0.627. The van der Waals surface area contributed by atoms with E-state index in [9.17, 15) is 9.18 Å². The van der Waals surface area contributed by atoms with Gasteiger partial charge in [0.15, 0.2) is 0 Å². The predicted octanol–water partition coefficient (Wildman–Crippen LogP) is 2.04. The number of nitrogens with zero attached hydrogens (tertiary/aromatic N) is 1. The zero-order valence-electron chi connectivity index (χ0n) is 9.35. The summed E-state index contributed by atoms with van der Waals surface area (Å²) in [6, 6.07) is 10.9. The third-order valence-electron chi connectivity index (χ3n) is 2.79. The average Bonchev–Trinajstić information content (AvgIpc) is 2.65. The topological polar surface area (TPSA) is 63.8 Å². The summed E-state index contributed by atoms with van der Waals surface area (Å²) in [5, 5.41) is 0. The lowest BCUT2D eigenvalue weighted by atomic mass is 10.2. The van der Waals surface area contributed by atoms with Gasteiger partial charge in [-0.3, -0.25) is 4.57 Å². The SMILES string of the molecule is Nc1ccc2c(c1)[nH]c(=O)n2-c1ccc(F)cc1. The molecule has 0 amide bonds. The lowest BCUT2D eigenvalue weighted by Crippen LogP contribution is -2.14. The van der Waals surface area contributed by atoms with Crippen LogP contribution in [0.25, 0.3) is 16.7 Å². The second-order valence-electron chi connectivity index (χ2n) is 4.02. The summed E-state index contributed by atoms with van der Waals surface area (Å²) in [4.78, 5) is 14.6. The number of benzene rings is 2. The summed E-state index contributed by atoms with van der Waals surface area (Å²) < 4.78 is 14.4. The molecule has 0 saturated carbocycles. The largest absolute Gasteiger partial charge is 0.399 e. The highest BCUT2D eigenvalue weighted by Gasteiger charge is 2.08. The number of fused-ring (bicyclic) bond motifs is 1. The fraction of sp³-hybridized carbons (Fsp3) is 0. The van der Waals surface area contributed by atoms with Crippen LogP contribution >= 0.6 is 0 Å². The first-order valence-corrected chi connectivity index (χ1v) is 5.41. The molecule has 3 N–H and O–H groups in total. The smallest absolute Gasteiger partial charge is 0.331 e. The van der Waals surface area contributed by atoms with Crippen LogP contribution in [0, 0.1) is 5.82 Å². The van der Waals surface area contributed by atoms with Crippen molar-refractivity contribution in [3.05, 3.63) is 58.8 Å². The molecular weight excluding hydrogens is 233 g/mol. The average molecular weight is 243 g/mol. The van der Waals surface area contributed by atoms with Crippen LogP contribution in [0.15, 0.2) is 47.3 Å². The Bertz CT molecular complexity index is 771. The van der Waals surface area contributed by atoms with E-state index in [1.54, 1.807) is 30.3 Å². The summed E-state index contributed by atoms with van der Waals surface area (Å²) in [6.45, 7) is 0. The number of anilines is 1. The molecule has 0 fully saturated rings. The molecule has 0 aliphatic rings. The van der Waals surface area contributed by atoms with Gasteiger partial charge in [0, 0.05) is 5.69 Å². The van der Waals surface area contributed by atoms with Crippen LogP contribution in [0.2, 0.25) is 0 Å². The number of H-pyrrole nitrogens is 1. The molecular formula is C13H10FN3O. The number of halogens is 1. The number of nitrogen functional groups attached to an aromatic ring is 1. The van der Waals surface area contributed by atoms with Gasteiger partial charge in [-0.25, -0.2) is 9.18 Å². The zero-order chi connectivity index (χ0) is 12.7. The van der Waals surface area contributed by atoms with E-state index < -0.39 is 0 Å². The molecule has 1 heterocycles. The van der Waals surface area contributed by atoms with Crippen molar-refractivity contribution in [3.63, 3.8) is 0 Å². The molecule has 0 aliphatic heterocycles. The van der Waals surface area contributed by atoms with Crippen molar-refractivity contribution >= 4 is 16.7 Å². The number of nitrogens with one attached hydrogen (secondary N) is 1. The maximum absolute atomic E-state index is 12.9. The van der Waals surface area contributed by atoms with Gasteiger partial charge in [0.05, 0.1) is 16.7 Å². The molecule has 0 bridgehead atoms. The predicted molar refractivity (Wildman–Crippen MR) is 68.3 cm³/mol. The van der Waals surface area contributed by atoms with Crippen molar-refractivity contribution in [3.8, 4) is 5.69 Å².